The van der Waals surface area contributed by atoms with Gasteiger partial charge in [0.25, 0.3) is 0 Å². The first-order chi connectivity index (χ1) is 5.83. The van der Waals surface area contributed by atoms with E-state index in [1.807, 2.05) is 37.3 Å². The van der Waals surface area contributed by atoms with E-state index in [-0.39, 0.29) is 6.10 Å². The van der Waals surface area contributed by atoms with Crippen LogP contribution in [0, 0.1) is 0 Å². The van der Waals surface area contributed by atoms with E-state index in [2.05, 4.69) is 0 Å². The van der Waals surface area contributed by atoms with Gasteiger partial charge in [-0.1, -0.05) is 25.1 Å². The molecule has 0 fully saturated rings. The van der Waals surface area contributed by atoms with Crippen LogP contribution in [0.4, 0.5) is 0 Å². The van der Waals surface area contributed by atoms with Gasteiger partial charge < -0.3 is 9.84 Å². The van der Waals surface area contributed by atoms with Crippen LogP contribution in [-0.2, 0) is 0 Å². The molecule has 1 N–H and O–H groups in total. The van der Waals surface area contributed by atoms with Crippen LogP contribution < -0.4 is 4.74 Å². The van der Waals surface area contributed by atoms with Gasteiger partial charge in [-0.3, -0.25) is 0 Å². The average Bonchev–Trinajstić information content (AvgIpc) is 2.16. The van der Waals surface area contributed by atoms with Gasteiger partial charge in [0.05, 0.1) is 6.10 Å². The molecule has 1 aromatic carbocycles. The molecule has 0 aliphatic rings. The predicted molar refractivity (Wildman–Crippen MR) is 48.2 cm³/mol. The van der Waals surface area contributed by atoms with Crippen molar-refractivity contribution in [2.75, 3.05) is 6.61 Å². The van der Waals surface area contributed by atoms with Crippen LogP contribution in [0.15, 0.2) is 30.3 Å². The highest BCUT2D eigenvalue weighted by molar-refractivity contribution is 5.20. The SMILES string of the molecule is CCC(O)COc1ccccc1. The third-order valence-corrected chi connectivity index (χ3v) is 1.66. The lowest BCUT2D eigenvalue weighted by atomic mass is 10.3. The predicted octanol–water partition coefficient (Wildman–Crippen LogP) is 1.84. The van der Waals surface area contributed by atoms with Crippen molar-refractivity contribution >= 4 is 0 Å². The van der Waals surface area contributed by atoms with Gasteiger partial charge in [0.2, 0.25) is 0 Å². The van der Waals surface area contributed by atoms with Gasteiger partial charge >= 0.3 is 0 Å². The standard InChI is InChI=1S/C10H14O2/c1-2-9(11)8-12-10-6-4-3-5-7-10/h3-7,9,11H,2,8H2,1H3. The Morgan fingerprint density at radius 2 is 2.00 bits per heavy atom. The highest BCUT2D eigenvalue weighted by atomic mass is 16.5. The third kappa shape index (κ3) is 2.93. The Morgan fingerprint density at radius 3 is 2.58 bits per heavy atom. The molecule has 0 heterocycles. The second-order valence-electron chi connectivity index (χ2n) is 2.69. The lowest BCUT2D eigenvalue weighted by Crippen LogP contribution is -2.15. The first-order valence-electron chi connectivity index (χ1n) is 4.19. The number of aliphatic hydroxyl groups excluding tert-OH is 1. The lowest BCUT2D eigenvalue weighted by Gasteiger charge is -2.09. The molecule has 1 rings (SSSR count). The largest absolute Gasteiger partial charge is 0.491 e. The van der Waals surface area contributed by atoms with E-state index in [1.165, 1.54) is 0 Å². The molecule has 1 unspecified atom stereocenters. The first-order valence-corrected chi connectivity index (χ1v) is 4.19. The van der Waals surface area contributed by atoms with Crippen LogP contribution in [0.2, 0.25) is 0 Å². The van der Waals surface area contributed by atoms with Crippen LogP contribution in [0.5, 0.6) is 5.75 Å². The molecule has 0 saturated carbocycles. The van der Waals surface area contributed by atoms with Crippen LogP contribution in [0.3, 0.4) is 0 Å². The maximum atomic E-state index is 9.19. The molecule has 0 aliphatic carbocycles. The second-order valence-corrected chi connectivity index (χ2v) is 2.69. The van der Waals surface area contributed by atoms with Crippen LogP contribution >= 0.6 is 0 Å². The topological polar surface area (TPSA) is 29.5 Å². The Balaban J connectivity index is 2.33. The molecule has 2 nitrogen and oxygen atoms in total. The molecule has 0 aromatic heterocycles. The average molecular weight is 166 g/mol. The monoisotopic (exact) mass is 166 g/mol. The van der Waals surface area contributed by atoms with Crippen LogP contribution in [0.1, 0.15) is 13.3 Å². The molecule has 1 atom stereocenters. The summed E-state index contributed by atoms with van der Waals surface area (Å²) in [5, 5.41) is 9.19. The summed E-state index contributed by atoms with van der Waals surface area (Å²) in [6.45, 7) is 2.31. The zero-order valence-electron chi connectivity index (χ0n) is 7.23. The van der Waals surface area contributed by atoms with E-state index >= 15 is 0 Å². The zero-order chi connectivity index (χ0) is 8.81. The van der Waals surface area contributed by atoms with Gasteiger partial charge in [-0.05, 0) is 18.6 Å². The van der Waals surface area contributed by atoms with E-state index < -0.39 is 0 Å². The minimum absolute atomic E-state index is 0.356. The van der Waals surface area contributed by atoms with Gasteiger partial charge in [-0.2, -0.15) is 0 Å². The highest BCUT2D eigenvalue weighted by Crippen LogP contribution is 2.08. The minimum atomic E-state index is -0.356. The molecule has 0 aliphatic heterocycles. The number of hydrogen-bond donors (Lipinski definition) is 1. The molecule has 0 saturated heterocycles. The van der Waals surface area contributed by atoms with E-state index in [0.717, 1.165) is 12.2 Å². The lowest BCUT2D eigenvalue weighted by molar-refractivity contribution is 0.104. The van der Waals surface area contributed by atoms with Crippen molar-refractivity contribution in [3.8, 4) is 5.75 Å². The Hall–Kier alpha value is -1.02. The number of para-hydroxylation sites is 1. The number of hydrogen-bond acceptors (Lipinski definition) is 2. The fraction of sp³-hybridized carbons (Fsp3) is 0.400. The fourth-order valence-electron chi connectivity index (χ4n) is 0.827. The van der Waals surface area contributed by atoms with Crippen molar-refractivity contribution in [3.63, 3.8) is 0 Å². The van der Waals surface area contributed by atoms with Gasteiger partial charge in [0.1, 0.15) is 12.4 Å². The van der Waals surface area contributed by atoms with Crippen molar-refractivity contribution in [3.05, 3.63) is 30.3 Å². The normalized spacial score (nSPS) is 12.5. The van der Waals surface area contributed by atoms with Crippen molar-refractivity contribution in [1.82, 2.24) is 0 Å². The van der Waals surface area contributed by atoms with Crippen LogP contribution in [-0.4, -0.2) is 17.8 Å². The molecule has 2 heteroatoms. The maximum Gasteiger partial charge on any atom is 0.119 e. The summed E-state index contributed by atoms with van der Waals surface area (Å²) in [6.07, 6.45) is 0.373. The van der Waals surface area contributed by atoms with Crippen molar-refractivity contribution in [2.24, 2.45) is 0 Å². The summed E-state index contributed by atoms with van der Waals surface area (Å²) in [5.74, 6) is 0.810. The molecular weight excluding hydrogens is 152 g/mol. The Labute approximate surface area is 72.8 Å². The summed E-state index contributed by atoms with van der Waals surface area (Å²) in [7, 11) is 0. The maximum absolute atomic E-state index is 9.19. The van der Waals surface area contributed by atoms with Gasteiger partial charge in [0.15, 0.2) is 0 Å². The quantitative estimate of drug-likeness (QED) is 0.739. The summed E-state index contributed by atoms with van der Waals surface area (Å²) in [4.78, 5) is 0. The van der Waals surface area contributed by atoms with Crippen LogP contribution in [0.25, 0.3) is 0 Å². The molecule has 0 bridgehead atoms. The number of rotatable bonds is 4. The number of ether oxygens (including phenoxy) is 1. The second kappa shape index (κ2) is 4.78. The molecule has 12 heavy (non-hydrogen) atoms. The number of aliphatic hydroxyl groups is 1. The third-order valence-electron chi connectivity index (χ3n) is 1.66. The van der Waals surface area contributed by atoms with Crippen molar-refractivity contribution in [2.45, 2.75) is 19.4 Å². The van der Waals surface area contributed by atoms with Crippen molar-refractivity contribution in [1.29, 1.82) is 0 Å². The zero-order valence-corrected chi connectivity index (χ0v) is 7.23. The first kappa shape index (κ1) is 9.07. The number of benzene rings is 1. The fourth-order valence-corrected chi connectivity index (χ4v) is 0.827. The summed E-state index contributed by atoms with van der Waals surface area (Å²) in [6, 6.07) is 9.51. The van der Waals surface area contributed by atoms with E-state index in [4.69, 9.17) is 4.74 Å². The smallest absolute Gasteiger partial charge is 0.119 e. The summed E-state index contributed by atoms with van der Waals surface area (Å²) < 4.78 is 5.31. The Morgan fingerprint density at radius 1 is 1.33 bits per heavy atom. The molecule has 0 amide bonds. The molecule has 1 aromatic rings. The van der Waals surface area contributed by atoms with Gasteiger partial charge in [0, 0.05) is 0 Å². The van der Waals surface area contributed by atoms with Crippen molar-refractivity contribution < 1.29 is 9.84 Å². The molecule has 0 spiro atoms. The molecule has 66 valence electrons. The van der Waals surface area contributed by atoms with E-state index in [9.17, 15) is 5.11 Å². The van der Waals surface area contributed by atoms with E-state index in [1.54, 1.807) is 0 Å². The Kier molecular flexibility index (Phi) is 3.61. The van der Waals surface area contributed by atoms with Gasteiger partial charge in [-0.15, -0.1) is 0 Å². The summed E-state index contributed by atoms with van der Waals surface area (Å²) in [5.41, 5.74) is 0. The summed E-state index contributed by atoms with van der Waals surface area (Å²) >= 11 is 0. The minimum Gasteiger partial charge on any atom is -0.491 e. The molecular formula is C10H14O2. The highest BCUT2D eigenvalue weighted by Gasteiger charge is 2.00. The molecule has 0 radical (unpaired) electrons. The van der Waals surface area contributed by atoms with Gasteiger partial charge in [-0.25, -0.2) is 0 Å². The Bertz CT molecular complexity index is 208. The van der Waals surface area contributed by atoms with E-state index in [0.29, 0.717) is 6.61 Å².